The lowest BCUT2D eigenvalue weighted by molar-refractivity contribution is 0.289. The van der Waals surface area contributed by atoms with Crippen LogP contribution >= 0.6 is 7.67 Å². The Balaban J connectivity index is 2.33. The van der Waals surface area contributed by atoms with Gasteiger partial charge in [0.05, 0.1) is 0 Å². The van der Waals surface area contributed by atoms with E-state index >= 15 is 0 Å². The molecule has 1 aliphatic rings. The molecule has 1 atom stereocenters. The van der Waals surface area contributed by atoms with E-state index in [1.807, 2.05) is 53.5 Å². The Labute approximate surface area is 121 Å². The van der Waals surface area contributed by atoms with Crippen LogP contribution in [-0.4, -0.2) is 35.5 Å². The average Bonchev–Trinajstić information content (AvgIpc) is 2.45. The second-order valence-corrected chi connectivity index (χ2v) is 7.00. The minimum absolute atomic E-state index is 0.664. The minimum Gasteiger partial charge on any atom is -0.422 e. The summed E-state index contributed by atoms with van der Waals surface area (Å²) in [5.41, 5.74) is 0. The second kappa shape index (κ2) is 7.07. The first-order chi connectivity index (χ1) is 9.70. The molecule has 1 aromatic rings. The maximum atomic E-state index is 13.5. The van der Waals surface area contributed by atoms with Crippen molar-refractivity contribution in [3.63, 3.8) is 0 Å². The molecule has 0 bridgehead atoms. The van der Waals surface area contributed by atoms with Crippen LogP contribution in [-0.2, 0) is 4.57 Å². The van der Waals surface area contributed by atoms with Crippen LogP contribution in [0.25, 0.3) is 0 Å². The van der Waals surface area contributed by atoms with E-state index < -0.39 is 7.67 Å². The molecule has 2 rings (SSSR count). The molecule has 1 heterocycles. The van der Waals surface area contributed by atoms with Crippen molar-refractivity contribution in [2.75, 3.05) is 26.2 Å². The van der Waals surface area contributed by atoms with Gasteiger partial charge in [-0.15, -0.1) is 0 Å². The molecule has 1 aliphatic heterocycles. The van der Waals surface area contributed by atoms with Crippen LogP contribution in [0.4, 0.5) is 0 Å². The van der Waals surface area contributed by atoms with Gasteiger partial charge in [0.2, 0.25) is 0 Å². The summed E-state index contributed by atoms with van der Waals surface area (Å²) in [6.07, 6.45) is 5.14. The van der Waals surface area contributed by atoms with Crippen molar-refractivity contribution < 1.29 is 9.09 Å². The second-order valence-electron chi connectivity index (χ2n) is 4.71. The van der Waals surface area contributed by atoms with E-state index in [1.165, 1.54) is 0 Å². The van der Waals surface area contributed by atoms with E-state index in [4.69, 9.17) is 4.52 Å². The minimum atomic E-state index is -3.01. The molecule has 110 valence electrons. The predicted molar refractivity (Wildman–Crippen MR) is 82.9 cm³/mol. The smallest absolute Gasteiger partial charge is 0.396 e. The van der Waals surface area contributed by atoms with E-state index in [2.05, 4.69) is 12.2 Å². The number of nitrogens with zero attached hydrogens (tertiary/aromatic N) is 2. The molecule has 1 unspecified atom stereocenters. The molecule has 0 aliphatic carbocycles. The molecular formula is C15H23N2O2P. The Morgan fingerprint density at radius 1 is 1.10 bits per heavy atom. The Hall–Kier alpha value is -1.09. The number of hydrogen-bond donors (Lipinski definition) is 0. The lowest BCUT2D eigenvalue weighted by atomic mass is 10.3. The molecule has 0 amide bonds. The molecule has 0 spiro atoms. The van der Waals surface area contributed by atoms with Crippen LogP contribution in [0.3, 0.4) is 0 Å². The first-order valence-corrected chi connectivity index (χ1v) is 8.74. The van der Waals surface area contributed by atoms with Gasteiger partial charge in [-0.25, -0.2) is 13.9 Å². The molecule has 20 heavy (non-hydrogen) atoms. The van der Waals surface area contributed by atoms with E-state index in [1.54, 1.807) is 0 Å². The summed E-state index contributed by atoms with van der Waals surface area (Å²) in [7, 11) is -3.01. The first-order valence-electron chi connectivity index (χ1n) is 7.21. The third-order valence-corrected chi connectivity index (χ3v) is 6.26. The molecule has 0 saturated carbocycles. The zero-order valence-electron chi connectivity index (χ0n) is 12.2. The van der Waals surface area contributed by atoms with Gasteiger partial charge in [-0.05, 0) is 18.6 Å². The van der Waals surface area contributed by atoms with Crippen molar-refractivity contribution in [3.05, 3.63) is 42.5 Å². The number of benzene rings is 1. The summed E-state index contributed by atoms with van der Waals surface area (Å²) in [6.45, 7) is 6.88. The van der Waals surface area contributed by atoms with Crippen molar-refractivity contribution in [1.29, 1.82) is 0 Å². The standard InChI is InChI=1S/C15H23N2O2P/c1-3-16-13-9-6-10-14-17(4-2)20(16,18)19-15-11-7-5-8-12-15/h5-9,11-12H,3-4,10,13-14H2,1-2H3/b9-6-. The molecule has 0 radical (unpaired) electrons. The van der Waals surface area contributed by atoms with Crippen LogP contribution in [0.5, 0.6) is 5.75 Å². The van der Waals surface area contributed by atoms with E-state index in [-0.39, 0.29) is 0 Å². The van der Waals surface area contributed by atoms with Gasteiger partial charge in [-0.1, -0.05) is 44.2 Å². The van der Waals surface area contributed by atoms with Gasteiger partial charge in [-0.3, -0.25) is 0 Å². The number of para-hydroxylation sites is 1. The monoisotopic (exact) mass is 294 g/mol. The summed E-state index contributed by atoms with van der Waals surface area (Å²) in [6, 6.07) is 9.45. The van der Waals surface area contributed by atoms with E-state index in [0.29, 0.717) is 25.4 Å². The highest BCUT2D eigenvalue weighted by Crippen LogP contribution is 2.54. The maximum Gasteiger partial charge on any atom is 0.396 e. The van der Waals surface area contributed by atoms with Gasteiger partial charge in [-0.2, -0.15) is 0 Å². The highest BCUT2D eigenvalue weighted by atomic mass is 31.2. The predicted octanol–water partition coefficient (Wildman–Crippen LogP) is 3.78. The zero-order chi connectivity index (χ0) is 14.4. The maximum absolute atomic E-state index is 13.5. The fourth-order valence-corrected chi connectivity index (χ4v) is 4.69. The van der Waals surface area contributed by atoms with Crippen molar-refractivity contribution in [2.45, 2.75) is 20.3 Å². The molecule has 0 fully saturated rings. The Morgan fingerprint density at radius 2 is 1.80 bits per heavy atom. The summed E-state index contributed by atoms with van der Waals surface area (Å²) < 4.78 is 23.3. The molecule has 5 heteroatoms. The largest absolute Gasteiger partial charge is 0.422 e. The fraction of sp³-hybridized carbons (Fsp3) is 0.467. The van der Waals surface area contributed by atoms with Crippen LogP contribution in [0.2, 0.25) is 0 Å². The topological polar surface area (TPSA) is 32.8 Å². The fourth-order valence-electron chi connectivity index (χ4n) is 2.32. The van der Waals surface area contributed by atoms with E-state index in [0.717, 1.165) is 13.0 Å². The van der Waals surface area contributed by atoms with Gasteiger partial charge < -0.3 is 4.52 Å². The SMILES string of the molecule is CCN1C/C=C\CCN(CC)P1(=O)Oc1ccccc1. The van der Waals surface area contributed by atoms with Gasteiger partial charge in [0.25, 0.3) is 0 Å². The third kappa shape index (κ3) is 3.32. The van der Waals surface area contributed by atoms with Crippen molar-refractivity contribution in [3.8, 4) is 5.75 Å². The van der Waals surface area contributed by atoms with Crippen LogP contribution in [0.1, 0.15) is 20.3 Å². The van der Waals surface area contributed by atoms with Crippen molar-refractivity contribution in [2.24, 2.45) is 0 Å². The van der Waals surface area contributed by atoms with Crippen LogP contribution in [0.15, 0.2) is 42.5 Å². The van der Waals surface area contributed by atoms with E-state index in [9.17, 15) is 4.57 Å². The molecule has 0 N–H and O–H groups in total. The third-order valence-electron chi connectivity index (χ3n) is 3.45. The Bertz CT molecular complexity index is 490. The summed E-state index contributed by atoms with van der Waals surface area (Å²) in [5, 5.41) is 0. The molecule has 0 aromatic heterocycles. The highest BCUT2D eigenvalue weighted by Gasteiger charge is 2.38. The number of hydrogen-bond acceptors (Lipinski definition) is 2. The van der Waals surface area contributed by atoms with Crippen LogP contribution in [0, 0.1) is 0 Å². The average molecular weight is 294 g/mol. The summed E-state index contributed by atoms with van der Waals surface area (Å²) >= 11 is 0. The van der Waals surface area contributed by atoms with Gasteiger partial charge in [0, 0.05) is 26.2 Å². The number of likely N-dealkylation sites (N-methyl/N-ethyl adjacent to an activating group) is 1. The first kappa shape index (κ1) is 15.3. The molecule has 1 aromatic carbocycles. The molecular weight excluding hydrogens is 271 g/mol. The van der Waals surface area contributed by atoms with Gasteiger partial charge >= 0.3 is 7.67 Å². The Morgan fingerprint density at radius 3 is 2.45 bits per heavy atom. The molecule has 0 saturated heterocycles. The normalized spacial score (nSPS) is 26.7. The van der Waals surface area contributed by atoms with Gasteiger partial charge in [0.15, 0.2) is 0 Å². The zero-order valence-corrected chi connectivity index (χ0v) is 13.1. The molecule has 4 nitrogen and oxygen atoms in total. The van der Waals surface area contributed by atoms with Gasteiger partial charge in [0.1, 0.15) is 5.75 Å². The van der Waals surface area contributed by atoms with Crippen molar-refractivity contribution >= 4 is 7.67 Å². The van der Waals surface area contributed by atoms with Crippen LogP contribution < -0.4 is 4.52 Å². The summed E-state index contributed by atoms with van der Waals surface area (Å²) in [4.78, 5) is 0. The summed E-state index contributed by atoms with van der Waals surface area (Å²) in [5.74, 6) is 0.664. The lowest BCUT2D eigenvalue weighted by Gasteiger charge is -2.37. The quantitative estimate of drug-likeness (QED) is 0.625. The lowest BCUT2D eigenvalue weighted by Crippen LogP contribution is -2.36. The number of rotatable bonds is 4. The highest BCUT2D eigenvalue weighted by molar-refractivity contribution is 7.54. The van der Waals surface area contributed by atoms with Crippen molar-refractivity contribution in [1.82, 2.24) is 9.34 Å². The Kier molecular flexibility index (Phi) is 5.41.